The molecule has 5 heteroatoms. The molecule has 0 saturated carbocycles. The Morgan fingerprint density at radius 1 is 1.10 bits per heavy atom. The van der Waals surface area contributed by atoms with Gasteiger partial charge in [0.25, 0.3) is 5.91 Å². The minimum atomic E-state index is -0.00155. The molecule has 0 unspecified atom stereocenters. The smallest absolute Gasteiger partial charge is 0.272 e. The summed E-state index contributed by atoms with van der Waals surface area (Å²) in [4.78, 5) is 23.8. The van der Waals surface area contributed by atoms with E-state index in [0.717, 1.165) is 47.7 Å². The zero-order valence-corrected chi connectivity index (χ0v) is 16.8. The van der Waals surface area contributed by atoms with Crippen LogP contribution >= 0.6 is 0 Å². The van der Waals surface area contributed by atoms with E-state index in [9.17, 15) is 4.79 Å². The summed E-state index contributed by atoms with van der Waals surface area (Å²) >= 11 is 0. The lowest BCUT2D eigenvalue weighted by Gasteiger charge is -2.32. The number of likely N-dealkylation sites (tertiary alicyclic amines) is 1. The molecule has 3 aromatic rings. The standard InChI is InChI=1S/C24H25N3O2/c1-17-14-20(18-8-10-21(29-2)11-9-18)15-23(26-17)19-6-5-13-27(16-19)24(28)22-7-3-4-12-25-22/h3-4,7-12,14-15,19H,5-6,13,16H2,1-2H3/t19-/m1/s1. The molecule has 0 spiro atoms. The number of carbonyl (C=O) groups excluding carboxylic acids is 1. The van der Waals surface area contributed by atoms with Crippen molar-refractivity contribution in [3.63, 3.8) is 0 Å². The summed E-state index contributed by atoms with van der Waals surface area (Å²) in [5.74, 6) is 1.07. The van der Waals surface area contributed by atoms with Crippen molar-refractivity contribution in [3.8, 4) is 16.9 Å². The van der Waals surface area contributed by atoms with Crippen LogP contribution in [0.2, 0.25) is 0 Å². The van der Waals surface area contributed by atoms with Crippen molar-refractivity contribution < 1.29 is 9.53 Å². The predicted octanol–water partition coefficient (Wildman–Crippen LogP) is 4.48. The molecular weight excluding hydrogens is 362 g/mol. The number of aryl methyl sites for hydroxylation is 1. The fourth-order valence-electron chi connectivity index (χ4n) is 3.91. The molecular formula is C24H25N3O2. The minimum Gasteiger partial charge on any atom is -0.497 e. The van der Waals surface area contributed by atoms with Crippen molar-refractivity contribution >= 4 is 5.91 Å². The predicted molar refractivity (Wildman–Crippen MR) is 113 cm³/mol. The molecule has 5 nitrogen and oxygen atoms in total. The van der Waals surface area contributed by atoms with Crippen LogP contribution in [0.4, 0.5) is 0 Å². The second-order valence-corrected chi connectivity index (χ2v) is 7.46. The van der Waals surface area contributed by atoms with E-state index >= 15 is 0 Å². The third-order valence-electron chi connectivity index (χ3n) is 5.41. The monoisotopic (exact) mass is 387 g/mol. The van der Waals surface area contributed by atoms with Gasteiger partial charge < -0.3 is 9.64 Å². The maximum atomic E-state index is 12.8. The van der Waals surface area contributed by atoms with Crippen LogP contribution in [0.25, 0.3) is 11.1 Å². The fourth-order valence-corrected chi connectivity index (χ4v) is 3.91. The number of carbonyl (C=O) groups is 1. The van der Waals surface area contributed by atoms with Gasteiger partial charge in [0.1, 0.15) is 11.4 Å². The van der Waals surface area contributed by atoms with Crippen molar-refractivity contribution in [2.45, 2.75) is 25.7 Å². The van der Waals surface area contributed by atoms with Crippen LogP contribution in [0, 0.1) is 6.92 Å². The molecule has 148 valence electrons. The summed E-state index contributed by atoms with van der Waals surface area (Å²) in [6.07, 6.45) is 3.67. The molecule has 1 saturated heterocycles. The van der Waals surface area contributed by atoms with E-state index in [1.165, 1.54) is 0 Å². The maximum absolute atomic E-state index is 12.8. The molecule has 4 rings (SSSR count). The molecule has 1 aromatic carbocycles. The Kier molecular flexibility index (Phi) is 5.56. The van der Waals surface area contributed by atoms with Gasteiger partial charge in [0.2, 0.25) is 0 Å². The van der Waals surface area contributed by atoms with Crippen LogP contribution in [-0.2, 0) is 0 Å². The van der Waals surface area contributed by atoms with Gasteiger partial charge in [-0.3, -0.25) is 14.8 Å². The highest BCUT2D eigenvalue weighted by atomic mass is 16.5. The Morgan fingerprint density at radius 3 is 2.66 bits per heavy atom. The molecule has 2 aromatic heterocycles. The number of hydrogen-bond donors (Lipinski definition) is 0. The van der Waals surface area contributed by atoms with E-state index in [0.29, 0.717) is 12.2 Å². The number of pyridine rings is 2. The zero-order valence-electron chi connectivity index (χ0n) is 16.8. The summed E-state index contributed by atoms with van der Waals surface area (Å²) in [7, 11) is 1.67. The lowest BCUT2D eigenvalue weighted by atomic mass is 9.92. The highest BCUT2D eigenvalue weighted by Crippen LogP contribution is 2.30. The normalized spacial score (nSPS) is 16.5. The van der Waals surface area contributed by atoms with Gasteiger partial charge in [-0.25, -0.2) is 0 Å². The first-order valence-corrected chi connectivity index (χ1v) is 9.97. The molecule has 29 heavy (non-hydrogen) atoms. The molecule has 1 aliphatic heterocycles. The Balaban J connectivity index is 1.57. The SMILES string of the molecule is COc1ccc(-c2cc(C)nc([C@@H]3CCCN(C(=O)c4ccccn4)C3)c2)cc1. The number of amides is 1. The summed E-state index contributed by atoms with van der Waals surface area (Å²) in [5, 5.41) is 0. The van der Waals surface area contributed by atoms with E-state index in [1.54, 1.807) is 19.4 Å². The second kappa shape index (κ2) is 8.43. The van der Waals surface area contributed by atoms with Crippen LogP contribution < -0.4 is 4.74 Å². The number of benzene rings is 1. The van der Waals surface area contributed by atoms with Crippen molar-refractivity contribution in [1.82, 2.24) is 14.9 Å². The van der Waals surface area contributed by atoms with Crippen LogP contribution in [-0.4, -0.2) is 41.0 Å². The Bertz CT molecular complexity index is 987. The Morgan fingerprint density at radius 2 is 1.93 bits per heavy atom. The topological polar surface area (TPSA) is 55.3 Å². The van der Waals surface area contributed by atoms with Crippen molar-refractivity contribution in [2.24, 2.45) is 0 Å². The number of piperidine rings is 1. The van der Waals surface area contributed by atoms with Gasteiger partial charge in [-0.1, -0.05) is 18.2 Å². The summed E-state index contributed by atoms with van der Waals surface area (Å²) < 4.78 is 5.26. The van der Waals surface area contributed by atoms with E-state index < -0.39 is 0 Å². The van der Waals surface area contributed by atoms with E-state index in [1.807, 2.05) is 36.1 Å². The highest BCUT2D eigenvalue weighted by molar-refractivity contribution is 5.92. The second-order valence-electron chi connectivity index (χ2n) is 7.46. The molecule has 1 aliphatic rings. The average molecular weight is 387 g/mol. The van der Waals surface area contributed by atoms with Crippen LogP contribution in [0.15, 0.2) is 60.8 Å². The van der Waals surface area contributed by atoms with Crippen molar-refractivity contribution in [2.75, 3.05) is 20.2 Å². The first kappa shape index (κ1) is 19.1. The van der Waals surface area contributed by atoms with Gasteiger partial charge in [-0.2, -0.15) is 0 Å². The van der Waals surface area contributed by atoms with Gasteiger partial charge in [-0.15, -0.1) is 0 Å². The maximum Gasteiger partial charge on any atom is 0.272 e. The largest absolute Gasteiger partial charge is 0.497 e. The number of hydrogen-bond acceptors (Lipinski definition) is 4. The fraction of sp³-hybridized carbons (Fsp3) is 0.292. The minimum absolute atomic E-state index is 0.00155. The molecule has 0 aliphatic carbocycles. The van der Waals surface area contributed by atoms with E-state index in [4.69, 9.17) is 9.72 Å². The van der Waals surface area contributed by atoms with Gasteiger partial charge in [-0.05, 0) is 67.3 Å². The van der Waals surface area contributed by atoms with Gasteiger partial charge >= 0.3 is 0 Å². The highest BCUT2D eigenvalue weighted by Gasteiger charge is 2.27. The van der Waals surface area contributed by atoms with Crippen LogP contribution in [0.5, 0.6) is 5.75 Å². The number of rotatable bonds is 4. The summed E-state index contributed by atoms with van der Waals surface area (Å²) in [6.45, 7) is 3.47. The number of ether oxygens (including phenoxy) is 1. The molecule has 3 heterocycles. The van der Waals surface area contributed by atoms with E-state index in [2.05, 4.69) is 29.2 Å². The summed E-state index contributed by atoms with van der Waals surface area (Å²) in [6, 6.07) is 17.8. The van der Waals surface area contributed by atoms with Crippen LogP contribution in [0.1, 0.15) is 40.6 Å². The first-order chi connectivity index (χ1) is 14.1. The van der Waals surface area contributed by atoms with Gasteiger partial charge in [0.15, 0.2) is 0 Å². The third kappa shape index (κ3) is 4.29. The van der Waals surface area contributed by atoms with Gasteiger partial charge in [0.05, 0.1) is 7.11 Å². The molecule has 1 fully saturated rings. The lowest BCUT2D eigenvalue weighted by Crippen LogP contribution is -2.39. The molecule has 1 amide bonds. The first-order valence-electron chi connectivity index (χ1n) is 9.97. The number of methoxy groups -OCH3 is 1. The molecule has 0 radical (unpaired) electrons. The molecule has 1 atom stereocenters. The van der Waals surface area contributed by atoms with Gasteiger partial charge in [0, 0.05) is 36.6 Å². The Hall–Kier alpha value is -3.21. The average Bonchev–Trinajstić information content (AvgIpc) is 2.79. The quantitative estimate of drug-likeness (QED) is 0.662. The number of nitrogens with zero attached hydrogens (tertiary/aromatic N) is 3. The lowest BCUT2D eigenvalue weighted by molar-refractivity contribution is 0.0700. The summed E-state index contributed by atoms with van der Waals surface area (Å²) in [5.41, 5.74) is 4.82. The van der Waals surface area contributed by atoms with Crippen LogP contribution in [0.3, 0.4) is 0 Å². The van der Waals surface area contributed by atoms with Crippen molar-refractivity contribution in [1.29, 1.82) is 0 Å². The van der Waals surface area contributed by atoms with Crippen molar-refractivity contribution in [3.05, 3.63) is 77.9 Å². The number of aromatic nitrogens is 2. The Labute approximate surface area is 171 Å². The van der Waals surface area contributed by atoms with E-state index in [-0.39, 0.29) is 11.8 Å². The zero-order chi connectivity index (χ0) is 20.2. The third-order valence-corrected chi connectivity index (χ3v) is 5.41. The molecule has 0 N–H and O–H groups in total. The molecule has 0 bridgehead atoms.